The molecule has 1 atom stereocenters. The maximum Gasteiger partial charge on any atom is 0.164 e. The molecule has 0 aliphatic heterocycles. The zero-order chi connectivity index (χ0) is 49.8. The lowest BCUT2D eigenvalue weighted by Gasteiger charge is -2.14. The molecule has 4 aromatic heterocycles. The van der Waals surface area contributed by atoms with E-state index in [0.29, 0.717) is 17.5 Å². The van der Waals surface area contributed by atoms with Gasteiger partial charge in [-0.05, 0) is 116 Å². The minimum absolute atomic E-state index is 0.209. The topological polar surface area (TPSA) is 65.0 Å². The minimum Gasteiger partial charge on any atom is -0.456 e. The number of benzene rings is 11. The van der Waals surface area contributed by atoms with Gasteiger partial charge in [-0.1, -0.05) is 188 Å². The maximum absolute atomic E-state index is 6.75. The molecule has 0 N–H and O–H groups in total. The molecule has 16 rings (SSSR count). The zero-order valence-electron chi connectivity index (χ0n) is 40.7. The van der Waals surface area contributed by atoms with Crippen LogP contribution in [0.25, 0.3) is 143 Å². The van der Waals surface area contributed by atoms with Crippen LogP contribution >= 0.6 is 11.3 Å². The van der Waals surface area contributed by atoms with Crippen LogP contribution in [0, 0.1) is 0 Å². The highest BCUT2D eigenvalue weighted by Crippen LogP contribution is 2.50. The maximum atomic E-state index is 6.75. The Balaban J connectivity index is 0.819. The minimum atomic E-state index is 0.209. The van der Waals surface area contributed by atoms with Crippen molar-refractivity contribution in [2.75, 3.05) is 0 Å². The summed E-state index contributed by atoms with van der Waals surface area (Å²) in [7, 11) is 0. The molecule has 0 amide bonds. The summed E-state index contributed by atoms with van der Waals surface area (Å²) in [5, 5.41) is 6.54. The smallest absolute Gasteiger partial charge is 0.164 e. The molecule has 4 heterocycles. The van der Waals surface area contributed by atoms with Crippen molar-refractivity contribution >= 4 is 75.4 Å². The number of furan rings is 2. The summed E-state index contributed by atoms with van der Waals surface area (Å²) < 4.78 is 15.9. The van der Waals surface area contributed by atoms with Crippen LogP contribution in [-0.2, 0) is 0 Å². The van der Waals surface area contributed by atoms with E-state index in [1.165, 1.54) is 48.0 Å². The Morgan fingerprint density at radius 2 is 0.882 bits per heavy atom. The summed E-state index contributed by atoms with van der Waals surface area (Å²) in [4.78, 5) is 15.9. The first-order valence-electron chi connectivity index (χ1n) is 25.7. The van der Waals surface area contributed by atoms with Gasteiger partial charge in [0.15, 0.2) is 17.5 Å². The van der Waals surface area contributed by atoms with Gasteiger partial charge < -0.3 is 8.83 Å². The number of aromatic nitrogens is 3. The number of hydrogen-bond acceptors (Lipinski definition) is 6. The highest BCUT2D eigenvalue weighted by Gasteiger charge is 2.30. The standard InChI is InChI=1S/C70H41N3O2S/c1-3-16-41(17-4-1)64-49-22-9-7-21-48(49)56-38-43(32-35-51(56)64)44-33-36-53-61(40-44)75-59-28-13-25-46(65(53)59)45-34-37-58-57(39-45)66-55(27-14-29-60(66)74-58)70-72-68(42-18-5-2-6-19-42)71-69(73-70)52-23-10-8-20-47(52)50-26-15-31-63-67(50)54-24-11-12-30-62(54)76-63/h1-40,64H. The van der Waals surface area contributed by atoms with Crippen LogP contribution in [0.1, 0.15) is 22.6 Å². The highest BCUT2D eigenvalue weighted by molar-refractivity contribution is 7.25. The lowest BCUT2D eigenvalue weighted by Crippen LogP contribution is -2.01. The first kappa shape index (κ1) is 42.7. The Morgan fingerprint density at radius 1 is 0.289 bits per heavy atom. The lowest BCUT2D eigenvalue weighted by atomic mass is 9.89. The third-order valence-corrected chi connectivity index (χ3v) is 16.6. The van der Waals surface area contributed by atoms with Crippen molar-refractivity contribution in [3.05, 3.63) is 259 Å². The van der Waals surface area contributed by atoms with Gasteiger partial charge in [-0.2, -0.15) is 0 Å². The van der Waals surface area contributed by atoms with Gasteiger partial charge in [-0.25, -0.2) is 15.0 Å². The molecule has 11 aromatic carbocycles. The molecular weight excluding hydrogens is 947 g/mol. The van der Waals surface area contributed by atoms with Gasteiger partial charge in [0.1, 0.15) is 22.3 Å². The molecule has 5 nitrogen and oxygen atoms in total. The van der Waals surface area contributed by atoms with E-state index in [1.807, 2.05) is 41.7 Å². The van der Waals surface area contributed by atoms with Gasteiger partial charge in [0.25, 0.3) is 0 Å². The van der Waals surface area contributed by atoms with Crippen molar-refractivity contribution in [2.45, 2.75) is 5.92 Å². The van der Waals surface area contributed by atoms with Crippen LogP contribution in [0.15, 0.2) is 251 Å². The molecule has 0 bridgehead atoms. The molecule has 1 unspecified atom stereocenters. The predicted molar refractivity (Wildman–Crippen MR) is 313 cm³/mol. The SMILES string of the molecule is c1ccc(-c2nc(-c3ccccc3-c3cccc4sc5ccccc5c34)nc(-c3cccc4oc5ccc(-c6cccc7oc8cc(-c9ccc%10c(c9)-c9ccccc9C%10c9ccccc9)ccc8c67)cc5c34)n2)cc1. The molecular formula is C70H41N3O2S. The molecule has 0 saturated carbocycles. The summed E-state index contributed by atoms with van der Waals surface area (Å²) in [5.74, 6) is 1.97. The fourth-order valence-electron chi connectivity index (χ4n) is 12.1. The Labute approximate surface area is 440 Å². The monoisotopic (exact) mass is 987 g/mol. The molecule has 0 spiro atoms. The van der Waals surface area contributed by atoms with Crippen LogP contribution in [0.3, 0.4) is 0 Å². The first-order chi connectivity index (χ1) is 37.7. The van der Waals surface area contributed by atoms with Crippen molar-refractivity contribution in [3.8, 4) is 78.7 Å². The number of thiophene rings is 1. The fraction of sp³-hybridized carbons (Fsp3) is 0.0143. The van der Waals surface area contributed by atoms with Gasteiger partial charge in [0, 0.05) is 64.3 Å². The average Bonchev–Trinajstić information content (AvgIpc) is 4.27. The molecule has 0 radical (unpaired) electrons. The second kappa shape index (κ2) is 16.9. The van der Waals surface area contributed by atoms with Crippen LogP contribution < -0.4 is 0 Å². The first-order valence-corrected chi connectivity index (χ1v) is 26.5. The Morgan fingerprint density at radius 3 is 1.74 bits per heavy atom. The van der Waals surface area contributed by atoms with Crippen LogP contribution in [0.4, 0.5) is 0 Å². The Kier molecular flexibility index (Phi) is 9.50. The summed E-state index contributed by atoms with van der Waals surface area (Å²) in [6, 6.07) is 86.2. The Bertz CT molecular complexity index is 4840. The average molecular weight is 988 g/mol. The summed E-state index contributed by atoms with van der Waals surface area (Å²) in [5.41, 5.74) is 19.1. The normalized spacial score (nSPS) is 13.1. The largest absolute Gasteiger partial charge is 0.456 e. The van der Waals surface area contributed by atoms with Gasteiger partial charge >= 0.3 is 0 Å². The van der Waals surface area contributed by atoms with E-state index < -0.39 is 0 Å². The second-order valence-corrected chi connectivity index (χ2v) is 20.8. The van der Waals surface area contributed by atoms with Crippen molar-refractivity contribution in [1.29, 1.82) is 0 Å². The van der Waals surface area contributed by atoms with Crippen molar-refractivity contribution in [3.63, 3.8) is 0 Å². The highest BCUT2D eigenvalue weighted by atomic mass is 32.1. The lowest BCUT2D eigenvalue weighted by molar-refractivity contribution is 0.669. The van der Waals surface area contributed by atoms with Gasteiger partial charge in [0.05, 0.1) is 0 Å². The van der Waals surface area contributed by atoms with E-state index in [4.69, 9.17) is 23.8 Å². The third-order valence-electron chi connectivity index (χ3n) is 15.5. The molecule has 1 aliphatic carbocycles. The van der Waals surface area contributed by atoms with Crippen molar-refractivity contribution in [2.24, 2.45) is 0 Å². The second-order valence-electron chi connectivity index (χ2n) is 19.7. The number of fused-ring (bicyclic) bond motifs is 12. The van der Waals surface area contributed by atoms with Gasteiger partial charge in [-0.15, -0.1) is 11.3 Å². The quantitative estimate of drug-likeness (QED) is 0.159. The molecule has 1 aliphatic rings. The van der Waals surface area contributed by atoms with Crippen LogP contribution in [-0.4, -0.2) is 15.0 Å². The molecule has 76 heavy (non-hydrogen) atoms. The van der Waals surface area contributed by atoms with E-state index in [0.717, 1.165) is 93.9 Å². The fourth-order valence-corrected chi connectivity index (χ4v) is 13.2. The summed E-state index contributed by atoms with van der Waals surface area (Å²) in [6.45, 7) is 0. The van der Waals surface area contributed by atoms with E-state index in [1.54, 1.807) is 0 Å². The number of nitrogens with zero attached hydrogens (tertiary/aromatic N) is 3. The number of rotatable bonds is 7. The van der Waals surface area contributed by atoms with Crippen LogP contribution in [0.2, 0.25) is 0 Å². The van der Waals surface area contributed by atoms with Crippen LogP contribution in [0.5, 0.6) is 0 Å². The molecule has 0 saturated heterocycles. The van der Waals surface area contributed by atoms with E-state index >= 15 is 0 Å². The molecule has 15 aromatic rings. The molecule has 6 heteroatoms. The summed E-state index contributed by atoms with van der Waals surface area (Å²) >= 11 is 1.82. The van der Waals surface area contributed by atoms with Crippen molar-refractivity contribution in [1.82, 2.24) is 15.0 Å². The zero-order valence-corrected chi connectivity index (χ0v) is 41.6. The van der Waals surface area contributed by atoms with Gasteiger partial charge in [-0.3, -0.25) is 0 Å². The van der Waals surface area contributed by atoms with E-state index in [2.05, 4.69) is 212 Å². The third kappa shape index (κ3) is 6.67. The number of hydrogen-bond donors (Lipinski definition) is 0. The van der Waals surface area contributed by atoms with E-state index in [-0.39, 0.29) is 5.92 Å². The predicted octanol–water partition coefficient (Wildman–Crippen LogP) is 19.2. The van der Waals surface area contributed by atoms with Crippen molar-refractivity contribution < 1.29 is 8.83 Å². The molecule has 354 valence electrons. The summed E-state index contributed by atoms with van der Waals surface area (Å²) in [6.07, 6.45) is 0. The molecule has 0 fully saturated rings. The van der Waals surface area contributed by atoms with E-state index in [9.17, 15) is 0 Å². The Hall–Kier alpha value is -9.75. The van der Waals surface area contributed by atoms with Gasteiger partial charge in [0.2, 0.25) is 0 Å².